The van der Waals surface area contributed by atoms with E-state index in [2.05, 4.69) is 29.0 Å². The molecule has 0 aliphatic heterocycles. The molecule has 0 bridgehead atoms. The third-order valence-electron chi connectivity index (χ3n) is 7.03. The number of aromatic amines is 1. The maximum Gasteiger partial charge on any atom is 0.416 e. The van der Waals surface area contributed by atoms with Crippen molar-refractivity contribution >= 4 is 16.8 Å². The van der Waals surface area contributed by atoms with E-state index in [1.165, 1.54) is 12.1 Å². The molecule has 3 rings (SSSR count). The summed E-state index contributed by atoms with van der Waals surface area (Å²) in [5, 5.41) is 3.89. The van der Waals surface area contributed by atoms with Crippen LogP contribution in [0.5, 0.6) is 0 Å². The Morgan fingerprint density at radius 2 is 1.75 bits per heavy atom. The minimum atomic E-state index is -4.51. The van der Waals surface area contributed by atoms with Crippen LogP contribution in [0.4, 0.5) is 13.2 Å². The van der Waals surface area contributed by atoms with E-state index in [-0.39, 0.29) is 23.9 Å². The molecular formula is C29H38F3N3O. The normalized spacial score (nSPS) is 13.8. The SMILES string of the molecule is CCc1cccc2c([C@H](CC(=O)N[C@@H](C)CCCN(CC)CC)c3ccccc3C(F)(F)F)c[nH]c12. The zero-order chi connectivity index (χ0) is 26.3. The molecule has 0 unspecified atom stereocenters. The summed E-state index contributed by atoms with van der Waals surface area (Å²) in [6, 6.07) is 11.4. The van der Waals surface area contributed by atoms with Gasteiger partial charge in [0.1, 0.15) is 0 Å². The predicted molar refractivity (Wildman–Crippen MR) is 140 cm³/mol. The Kier molecular flexibility index (Phi) is 9.60. The summed E-state index contributed by atoms with van der Waals surface area (Å²) in [7, 11) is 0. The number of aryl methyl sites for hydroxylation is 1. The molecule has 0 aliphatic carbocycles. The lowest BCUT2D eigenvalue weighted by molar-refractivity contribution is -0.138. The van der Waals surface area contributed by atoms with E-state index in [1.54, 1.807) is 12.3 Å². The van der Waals surface area contributed by atoms with Gasteiger partial charge in [-0.15, -0.1) is 0 Å². The first kappa shape index (κ1) is 27.8. The quantitative estimate of drug-likeness (QED) is 0.284. The van der Waals surface area contributed by atoms with Crippen molar-refractivity contribution in [2.75, 3.05) is 19.6 Å². The second kappa shape index (κ2) is 12.4. The number of rotatable bonds is 12. The summed E-state index contributed by atoms with van der Waals surface area (Å²) in [5.74, 6) is -0.972. The highest BCUT2D eigenvalue weighted by Crippen LogP contribution is 2.41. The molecule has 0 spiro atoms. The number of carbonyl (C=O) groups excluding carboxylic acids is 1. The van der Waals surface area contributed by atoms with Crippen molar-refractivity contribution in [3.8, 4) is 0 Å². The van der Waals surface area contributed by atoms with Gasteiger partial charge in [-0.2, -0.15) is 13.2 Å². The number of fused-ring (bicyclic) bond motifs is 1. The molecule has 3 aromatic rings. The Labute approximate surface area is 212 Å². The van der Waals surface area contributed by atoms with Gasteiger partial charge in [0.05, 0.1) is 5.56 Å². The number of hydrogen-bond acceptors (Lipinski definition) is 2. The molecule has 0 saturated heterocycles. The van der Waals surface area contributed by atoms with Crippen molar-refractivity contribution in [3.63, 3.8) is 0 Å². The number of nitrogens with zero attached hydrogens (tertiary/aromatic N) is 1. The van der Waals surface area contributed by atoms with Gasteiger partial charge in [0.25, 0.3) is 0 Å². The number of hydrogen-bond donors (Lipinski definition) is 2. The fraction of sp³-hybridized carbons (Fsp3) is 0.483. The van der Waals surface area contributed by atoms with E-state index < -0.39 is 17.7 Å². The zero-order valence-corrected chi connectivity index (χ0v) is 21.7. The molecule has 7 heteroatoms. The molecule has 0 fully saturated rings. The first-order valence-corrected chi connectivity index (χ1v) is 13.0. The molecule has 196 valence electrons. The number of para-hydroxylation sites is 1. The number of aromatic nitrogens is 1. The molecule has 1 aromatic heterocycles. The number of carbonyl (C=O) groups is 1. The highest BCUT2D eigenvalue weighted by atomic mass is 19.4. The molecule has 2 N–H and O–H groups in total. The number of benzene rings is 2. The second-order valence-corrected chi connectivity index (χ2v) is 9.42. The van der Waals surface area contributed by atoms with Crippen LogP contribution in [-0.2, 0) is 17.4 Å². The lowest BCUT2D eigenvalue weighted by Gasteiger charge is -2.23. The van der Waals surface area contributed by atoms with Gasteiger partial charge in [0.2, 0.25) is 5.91 Å². The van der Waals surface area contributed by atoms with Crippen molar-refractivity contribution in [2.45, 2.75) is 71.5 Å². The third kappa shape index (κ3) is 6.69. The highest BCUT2D eigenvalue weighted by Gasteiger charge is 2.36. The molecular weight excluding hydrogens is 463 g/mol. The van der Waals surface area contributed by atoms with E-state index in [9.17, 15) is 18.0 Å². The Balaban J connectivity index is 1.89. The lowest BCUT2D eigenvalue weighted by Crippen LogP contribution is -2.34. The summed E-state index contributed by atoms with van der Waals surface area (Å²) in [4.78, 5) is 18.7. The molecule has 4 nitrogen and oxygen atoms in total. The van der Waals surface area contributed by atoms with Crippen LogP contribution in [0.2, 0.25) is 0 Å². The largest absolute Gasteiger partial charge is 0.416 e. The topological polar surface area (TPSA) is 48.1 Å². The summed E-state index contributed by atoms with van der Waals surface area (Å²) in [5.41, 5.74) is 2.14. The van der Waals surface area contributed by atoms with Crippen molar-refractivity contribution in [2.24, 2.45) is 0 Å². The van der Waals surface area contributed by atoms with Crippen molar-refractivity contribution in [1.29, 1.82) is 0 Å². The monoisotopic (exact) mass is 501 g/mol. The van der Waals surface area contributed by atoms with E-state index >= 15 is 0 Å². The van der Waals surface area contributed by atoms with Gasteiger partial charge >= 0.3 is 6.18 Å². The van der Waals surface area contributed by atoms with Crippen LogP contribution in [0.3, 0.4) is 0 Å². The number of halogens is 3. The van der Waals surface area contributed by atoms with E-state index in [4.69, 9.17) is 0 Å². The maximum absolute atomic E-state index is 14.0. The minimum absolute atomic E-state index is 0.0544. The smallest absolute Gasteiger partial charge is 0.361 e. The van der Waals surface area contributed by atoms with E-state index in [0.717, 1.165) is 61.4 Å². The van der Waals surface area contributed by atoms with Crippen LogP contribution >= 0.6 is 0 Å². The van der Waals surface area contributed by atoms with Crippen LogP contribution in [0, 0.1) is 0 Å². The molecule has 2 aromatic carbocycles. The van der Waals surface area contributed by atoms with Crippen molar-refractivity contribution in [1.82, 2.24) is 15.2 Å². The number of amides is 1. The van der Waals surface area contributed by atoms with Crippen LogP contribution in [0.15, 0.2) is 48.7 Å². The summed E-state index contributed by atoms with van der Waals surface area (Å²) < 4.78 is 41.9. The first-order chi connectivity index (χ1) is 17.2. The van der Waals surface area contributed by atoms with Gasteiger partial charge in [-0.3, -0.25) is 4.79 Å². The fourth-order valence-corrected chi connectivity index (χ4v) is 5.02. The van der Waals surface area contributed by atoms with Gasteiger partial charge < -0.3 is 15.2 Å². The third-order valence-corrected chi connectivity index (χ3v) is 7.03. The summed E-state index contributed by atoms with van der Waals surface area (Å²) in [6.45, 7) is 11.2. The maximum atomic E-state index is 14.0. The number of nitrogens with one attached hydrogen (secondary N) is 2. The molecule has 2 atom stereocenters. The molecule has 0 saturated carbocycles. The van der Waals surface area contributed by atoms with Gasteiger partial charge in [-0.25, -0.2) is 0 Å². The molecule has 36 heavy (non-hydrogen) atoms. The Hall–Kier alpha value is -2.80. The van der Waals surface area contributed by atoms with Crippen molar-refractivity contribution in [3.05, 3.63) is 70.9 Å². The summed E-state index contributed by atoms with van der Waals surface area (Å²) >= 11 is 0. The molecule has 1 heterocycles. The highest BCUT2D eigenvalue weighted by molar-refractivity contribution is 5.88. The van der Waals surface area contributed by atoms with Crippen LogP contribution in [-0.4, -0.2) is 41.5 Å². The van der Waals surface area contributed by atoms with Crippen LogP contribution in [0.1, 0.15) is 75.1 Å². The van der Waals surface area contributed by atoms with E-state index in [0.29, 0.717) is 5.56 Å². The Morgan fingerprint density at radius 3 is 2.42 bits per heavy atom. The van der Waals surface area contributed by atoms with Crippen LogP contribution in [0.25, 0.3) is 10.9 Å². The molecule has 0 radical (unpaired) electrons. The lowest BCUT2D eigenvalue weighted by atomic mass is 9.84. The molecule has 0 aliphatic rings. The van der Waals surface area contributed by atoms with Crippen LogP contribution < -0.4 is 5.32 Å². The average molecular weight is 502 g/mol. The Bertz CT molecular complexity index is 1130. The van der Waals surface area contributed by atoms with Crippen molar-refractivity contribution < 1.29 is 18.0 Å². The van der Waals surface area contributed by atoms with Gasteiger partial charge in [-0.1, -0.05) is 57.2 Å². The summed E-state index contributed by atoms with van der Waals surface area (Å²) in [6.07, 6.45) is -0.236. The van der Waals surface area contributed by atoms with E-state index in [1.807, 2.05) is 32.0 Å². The van der Waals surface area contributed by atoms with Gasteiger partial charge in [0, 0.05) is 35.5 Å². The number of H-pyrrole nitrogens is 1. The standard InChI is InChI=1S/C29H38F3N3O/c1-5-21-13-10-15-23-25(19-33-28(21)23)24(22-14-8-9-16-26(22)29(30,31)32)18-27(36)34-20(4)12-11-17-35(6-2)7-3/h8-10,13-16,19-20,24,33H,5-7,11-12,17-18H2,1-4H3,(H,34,36)/t20-,24+/m0/s1. The Morgan fingerprint density at radius 1 is 1.03 bits per heavy atom. The first-order valence-electron chi connectivity index (χ1n) is 13.0. The number of alkyl halides is 3. The fourth-order valence-electron chi connectivity index (χ4n) is 5.02. The molecule has 1 amide bonds. The average Bonchev–Trinajstić information content (AvgIpc) is 3.29. The zero-order valence-electron chi connectivity index (χ0n) is 21.7. The van der Waals surface area contributed by atoms with Gasteiger partial charge in [-0.05, 0) is 68.6 Å². The minimum Gasteiger partial charge on any atom is -0.361 e. The van der Waals surface area contributed by atoms with Gasteiger partial charge in [0.15, 0.2) is 0 Å². The second-order valence-electron chi connectivity index (χ2n) is 9.42. The predicted octanol–water partition coefficient (Wildman–Crippen LogP) is 6.90.